The topological polar surface area (TPSA) is 25.8 Å². The Hall–Kier alpha value is -0.336. The largest absolute Gasteiger partial charge is 0.374 e. The van der Waals surface area contributed by atoms with E-state index in [9.17, 15) is 0 Å². The van der Waals surface area contributed by atoms with Crippen LogP contribution in [0.25, 0.3) is 12.2 Å². The third-order valence-corrected chi connectivity index (χ3v) is 1.40. The standard InChI is InChI=1S/C10H11N2.C2H6.Y/c1-3-5-9-7-11-8-12-10(9)6-4-2;1-2;/h3-7H,1-2H3;1-2H3;/q-1;;/b5-3-,6-4-;;. The summed E-state index contributed by atoms with van der Waals surface area (Å²) in [6, 6.07) is 0. The molecule has 1 radical (unpaired) electrons. The monoisotopic (exact) mass is 278 g/mol. The average Bonchev–Trinajstić information content (AvgIpc) is 2.25. The predicted octanol–water partition coefficient (Wildman–Crippen LogP) is 3.37. The summed E-state index contributed by atoms with van der Waals surface area (Å²) in [7, 11) is 0. The maximum absolute atomic E-state index is 4.01. The van der Waals surface area contributed by atoms with E-state index in [2.05, 4.69) is 16.3 Å². The molecule has 0 saturated heterocycles. The Balaban J connectivity index is 0. The van der Waals surface area contributed by atoms with Gasteiger partial charge in [-0.15, -0.1) is 0 Å². The molecule has 1 rings (SSSR count). The van der Waals surface area contributed by atoms with E-state index in [0.29, 0.717) is 0 Å². The quantitative estimate of drug-likeness (QED) is 0.775. The Morgan fingerprint density at radius 1 is 1.13 bits per heavy atom. The molecule has 3 heteroatoms. The van der Waals surface area contributed by atoms with Crippen molar-refractivity contribution in [3.8, 4) is 0 Å². The zero-order valence-corrected chi connectivity index (χ0v) is 12.7. The molecule has 0 spiro atoms. The molecule has 0 aliphatic rings. The molecule has 0 unspecified atom stereocenters. The van der Waals surface area contributed by atoms with E-state index in [-0.39, 0.29) is 32.7 Å². The van der Waals surface area contributed by atoms with Crippen LogP contribution >= 0.6 is 0 Å². The van der Waals surface area contributed by atoms with Gasteiger partial charge in [-0.05, 0) is 19.5 Å². The van der Waals surface area contributed by atoms with Gasteiger partial charge in [0.05, 0.1) is 0 Å². The fourth-order valence-electron chi connectivity index (χ4n) is 0.911. The number of allylic oxidation sites excluding steroid dienone is 2. The van der Waals surface area contributed by atoms with Crippen molar-refractivity contribution in [1.82, 2.24) is 9.97 Å². The molecule has 0 saturated carbocycles. The van der Waals surface area contributed by atoms with E-state index in [1.807, 2.05) is 52.0 Å². The van der Waals surface area contributed by atoms with Gasteiger partial charge in [-0.25, -0.2) is 0 Å². The molecule has 1 aromatic heterocycles. The van der Waals surface area contributed by atoms with Gasteiger partial charge in [0.25, 0.3) is 0 Å². The zero-order valence-electron chi connectivity index (χ0n) is 9.86. The molecular weight excluding hydrogens is 261 g/mol. The summed E-state index contributed by atoms with van der Waals surface area (Å²) in [6.07, 6.45) is 12.1. The van der Waals surface area contributed by atoms with Crippen molar-refractivity contribution in [1.29, 1.82) is 0 Å². The van der Waals surface area contributed by atoms with Crippen molar-refractivity contribution in [2.24, 2.45) is 0 Å². The van der Waals surface area contributed by atoms with Gasteiger partial charge in [0.2, 0.25) is 0 Å². The van der Waals surface area contributed by atoms with Crippen molar-refractivity contribution in [3.05, 3.63) is 35.9 Å². The molecule has 0 fully saturated rings. The molecule has 1 heterocycles. The molecule has 0 aromatic carbocycles. The number of hydrogen-bond donors (Lipinski definition) is 0. The number of aromatic nitrogens is 2. The molecule has 0 bridgehead atoms. The molecule has 0 atom stereocenters. The Kier molecular flexibility index (Phi) is 13.4. The maximum atomic E-state index is 4.01. The maximum Gasteiger partial charge on any atom is 0.0219 e. The van der Waals surface area contributed by atoms with Crippen LogP contribution in [0, 0.1) is 6.33 Å². The average molecular weight is 278 g/mol. The summed E-state index contributed by atoms with van der Waals surface area (Å²) in [4.78, 5) is 7.84. The molecular formula is C12H17N2Y-. The zero-order chi connectivity index (χ0) is 10.8. The number of rotatable bonds is 2. The number of nitrogens with zero attached hydrogens (tertiary/aromatic N) is 2. The summed E-state index contributed by atoms with van der Waals surface area (Å²) in [5, 5.41) is 0. The van der Waals surface area contributed by atoms with Crippen molar-refractivity contribution >= 4 is 12.2 Å². The molecule has 0 aliphatic heterocycles. The van der Waals surface area contributed by atoms with Crippen LogP contribution in [-0.4, -0.2) is 9.97 Å². The van der Waals surface area contributed by atoms with Crippen molar-refractivity contribution < 1.29 is 32.7 Å². The molecule has 2 nitrogen and oxygen atoms in total. The van der Waals surface area contributed by atoms with Gasteiger partial charge in [0.1, 0.15) is 0 Å². The number of hydrogen-bond acceptors (Lipinski definition) is 2. The summed E-state index contributed by atoms with van der Waals surface area (Å²) in [5.74, 6) is 0. The first kappa shape index (κ1) is 17.1. The second-order valence-corrected chi connectivity index (χ2v) is 2.31. The molecule has 15 heavy (non-hydrogen) atoms. The molecule has 0 aliphatic carbocycles. The minimum Gasteiger partial charge on any atom is -0.374 e. The molecule has 1 aromatic rings. The summed E-state index contributed by atoms with van der Waals surface area (Å²) < 4.78 is 0. The van der Waals surface area contributed by atoms with E-state index >= 15 is 0 Å². The van der Waals surface area contributed by atoms with Crippen LogP contribution in [0.2, 0.25) is 0 Å². The second kappa shape index (κ2) is 11.7. The van der Waals surface area contributed by atoms with Gasteiger partial charge < -0.3 is 9.97 Å². The first-order chi connectivity index (χ1) is 6.88. The third kappa shape index (κ3) is 6.69. The van der Waals surface area contributed by atoms with Gasteiger partial charge >= 0.3 is 0 Å². The van der Waals surface area contributed by atoms with E-state index in [1.165, 1.54) is 0 Å². The Morgan fingerprint density at radius 3 is 2.27 bits per heavy atom. The van der Waals surface area contributed by atoms with E-state index < -0.39 is 0 Å². The van der Waals surface area contributed by atoms with E-state index in [4.69, 9.17) is 0 Å². The van der Waals surface area contributed by atoms with Crippen molar-refractivity contribution in [3.63, 3.8) is 0 Å². The minimum atomic E-state index is 0. The summed E-state index contributed by atoms with van der Waals surface area (Å²) in [6.45, 7) is 7.93. The van der Waals surface area contributed by atoms with E-state index in [1.54, 1.807) is 6.20 Å². The van der Waals surface area contributed by atoms with E-state index in [0.717, 1.165) is 11.3 Å². The Morgan fingerprint density at radius 2 is 1.73 bits per heavy atom. The predicted molar refractivity (Wildman–Crippen MR) is 61.6 cm³/mol. The Labute approximate surface area is 118 Å². The van der Waals surface area contributed by atoms with Crippen LogP contribution in [0.15, 0.2) is 18.3 Å². The molecule has 0 amide bonds. The minimum absolute atomic E-state index is 0. The van der Waals surface area contributed by atoms with Gasteiger partial charge in [0.15, 0.2) is 0 Å². The van der Waals surface area contributed by atoms with Gasteiger partial charge in [-0.3, -0.25) is 0 Å². The fourth-order valence-corrected chi connectivity index (χ4v) is 0.911. The first-order valence-corrected chi connectivity index (χ1v) is 4.87. The summed E-state index contributed by atoms with van der Waals surface area (Å²) >= 11 is 0. The van der Waals surface area contributed by atoms with Crippen molar-refractivity contribution in [2.45, 2.75) is 27.7 Å². The van der Waals surface area contributed by atoms with Crippen LogP contribution < -0.4 is 0 Å². The van der Waals surface area contributed by atoms with Crippen LogP contribution in [-0.2, 0) is 32.7 Å². The van der Waals surface area contributed by atoms with Gasteiger partial charge in [0, 0.05) is 39.0 Å². The second-order valence-electron chi connectivity index (χ2n) is 2.31. The Bertz CT molecular complexity index is 275. The van der Waals surface area contributed by atoms with Gasteiger partial charge in [-0.2, -0.15) is 0 Å². The molecule has 79 valence electrons. The molecule has 0 N–H and O–H groups in total. The smallest absolute Gasteiger partial charge is 0.0219 e. The van der Waals surface area contributed by atoms with Crippen LogP contribution in [0.1, 0.15) is 39.0 Å². The third-order valence-electron chi connectivity index (χ3n) is 1.40. The van der Waals surface area contributed by atoms with Crippen LogP contribution in [0.3, 0.4) is 0 Å². The fraction of sp³-hybridized carbons (Fsp3) is 0.333. The van der Waals surface area contributed by atoms with Crippen LogP contribution in [0.5, 0.6) is 0 Å². The first-order valence-electron chi connectivity index (χ1n) is 4.87. The van der Waals surface area contributed by atoms with Gasteiger partial charge in [-0.1, -0.05) is 49.9 Å². The SMILES string of the molecule is C/C=C\c1cn[c-]nc1/C=C\C.CC.[Y]. The van der Waals surface area contributed by atoms with Crippen molar-refractivity contribution in [2.75, 3.05) is 0 Å². The normalized spacial score (nSPS) is 9.60. The summed E-state index contributed by atoms with van der Waals surface area (Å²) in [5.41, 5.74) is 1.93. The van der Waals surface area contributed by atoms with Crippen LogP contribution in [0.4, 0.5) is 0 Å².